The quantitative estimate of drug-likeness (QED) is 0.597. The van der Waals surface area contributed by atoms with Crippen LogP contribution < -0.4 is 10.0 Å². The number of nitrogens with one attached hydrogen (secondary N) is 2. The first-order chi connectivity index (χ1) is 9.09. The summed E-state index contributed by atoms with van der Waals surface area (Å²) in [5.41, 5.74) is 0. The highest BCUT2D eigenvalue weighted by molar-refractivity contribution is 7.89. The SMILES string of the molecule is CCCNCCCS(=O)(=O)NCc1nncn1CC. The minimum absolute atomic E-state index is 0.129. The van der Waals surface area contributed by atoms with Gasteiger partial charge in [0.25, 0.3) is 0 Å². The van der Waals surface area contributed by atoms with Gasteiger partial charge < -0.3 is 9.88 Å². The maximum Gasteiger partial charge on any atom is 0.212 e. The molecule has 0 fully saturated rings. The van der Waals surface area contributed by atoms with E-state index in [4.69, 9.17) is 0 Å². The molecule has 1 heterocycles. The highest BCUT2D eigenvalue weighted by Crippen LogP contribution is 1.97. The molecule has 0 unspecified atom stereocenters. The van der Waals surface area contributed by atoms with Crippen LogP contribution in [-0.2, 0) is 23.1 Å². The third kappa shape index (κ3) is 6.13. The lowest BCUT2D eigenvalue weighted by Gasteiger charge is -2.07. The van der Waals surface area contributed by atoms with Crippen molar-refractivity contribution < 1.29 is 8.42 Å². The third-order valence-electron chi connectivity index (χ3n) is 2.68. The third-order valence-corrected chi connectivity index (χ3v) is 4.09. The van der Waals surface area contributed by atoms with Crippen LogP contribution in [0.3, 0.4) is 0 Å². The Morgan fingerprint density at radius 3 is 2.79 bits per heavy atom. The van der Waals surface area contributed by atoms with Gasteiger partial charge in [0.15, 0.2) is 0 Å². The van der Waals surface area contributed by atoms with Crippen molar-refractivity contribution in [2.75, 3.05) is 18.8 Å². The molecule has 0 amide bonds. The molecule has 8 heteroatoms. The van der Waals surface area contributed by atoms with Crippen LogP contribution in [0.4, 0.5) is 0 Å². The highest BCUT2D eigenvalue weighted by atomic mass is 32.2. The molecule has 2 N–H and O–H groups in total. The Kier molecular flexibility index (Phi) is 6.96. The minimum atomic E-state index is -3.24. The van der Waals surface area contributed by atoms with E-state index in [-0.39, 0.29) is 12.3 Å². The Labute approximate surface area is 114 Å². The molecule has 0 aliphatic heterocycles. The number of sulfonamides is 1. The molecule has 1 aromatic heterocycles. The first kappa shape index (κ1) is 16.1. The van der Waals surface area contributed by atoms with E-state index in [0.717, 1.165) is 26.1 Å². The summed E-state index contributed by atoms with van der Waals surface area (Å²) in [7, 11) is -3.24. The molecule has 1 rings (SSSR count). The molecule has 0 saturated heterocycles. The lowest BCUT2D eigenvalue weighted by atomic mass is 10.4. The van der Waals surface area contributed by atoms with Gasteiger partial charge in [-0.15, -0.1) is 10.2 Å². The fourth-order valence-electron chi connectivity index (χ4n) is 1.62. The van der Waals surface area contributed by atoms with Gasteiger partial charge in [0.05, 0.1) is 12.3 Å². The normalized spacial score (nSPS) is 11.9. The molecule has 19 heavy (non-hydrogen) atoms. The monoisotopic (exact) mass is 289 g/mol. The number of hydrogen-bond acceptors (Lipinski definition) is 5. The summed E-state index contributed by atoms with van der Waals surface area (Å²) in [6.07, 6.45) is 3.26. The molecule has 0 bridgehead atoms. The van der Waals surface area contributed by atoms with Crippen molar-refractivity contribution in [1.82, 2.24) is 24.8 Å². The Morgan fingerprint density at radius 1 is 1.32 bits per heavy atom. The van der Waals surface area contributed by atoms with Gasteiger partial charge in [0, 0.05) is 6.54 Å². The number of nitrogens with zero attached hydrogens (tertiary/aromatic N) is 3. The molecule has 0 spiro atoms. The first-order valence-electron chi connectivity index (χ1n) is 6.63. The van der Waals surface area contributed by atoms with E-state index in [1.54, 1.807) is 6.33 Å². The van der Waals surface area contributed by atoms with Crippen LogP contribution in [-0.4, -0.2) is 42.0 Å². The van der Waals surface area contributed by atoms with E-state index < -0.39 is 10.0 Å². The topological polar surface area (TPSA) is 88.9 Å². The Morgan fingerprint density at radius 2 is 2.11 bits per heavy atom. The maximum absolute atomic E-state index is 11.8. The predicted molar refractivity (Wildman–Crippen MR) is 74.1 cm³/mol. The van der Waals surface area contributed by atoms with Crippen molar-refractivity contribution in [3.05, 3.63) is 12.2 Å². The molecule has 0 aliphatic rings. The lowest BCUT2D eigenvalue weighted by molar-refractivity contribution is 0.569. The molecule has 1 aromatic rings. The van der Waals surface area contributed by atoms with Crippen LogP contribution in [0.1, 0.15) is 32.5 Å². The van der Waals surface area contributed by atoms with Crippen molar-refractivity contribution >= 4 is 10.0 Å². The van der Waals surface area contributed by atoms with Crippen molar-refractivity contribution in [1.29, 1.82) is 0 Å². The van der Waals surface area contributed by atoms with Crippen LogP contribution in [0.25, 0.3) is 0 Å². The Bertz CT molecular complexity index is 457. The predicted octanol–water partition coefficient (Wildman–Crippen LogP) is 0.107. The smallest absolute Gasteiger partial charge is 0.212 e. The molecule has 0 radical (unpaired) electrons. The standard InChI is InChI=1S/C11H23N5O2S/c1-3-6-12-7-5-8-19(17,18)14-9-11-15-13-10-16(11)4-2/h10,12,14H,3-9H2,1-2H3. The second kappa shape index (κ2) is 8.23. The maximum atomic E-state index is 11.8. The zero-order valence-corrected chi connectivity index (χ0v) is 12.4. The Balaban J connectivity index is 2.30. The second-order valence-corrected chi connectivity index (χ2v) is 6.20. The van der Waals surface area contributed by atoms with E-state index in [9.17, 15) is 8.42 Å². The average molecular weight is 289 g/mol. The van der Waals surface area contributed by atoms with Crippen LogP contribution in [0.2, 0.25) is 0 Å². The summed E-state index contributed by atoms with van der Waals surface area (Å²) in [4.78, 5) is 0. The van der Waals surface area contributed by atoms with Crippen LogP contribution in [0, 0.1) is 0 Å². The van der Waals surface area contributed by atoms with Gasteiger partial charge in [0.1, 0.15) is 12.2 Å². The van der Waals surface area contributed by atoms with Crippen LogP contribution in [0.5, 0.6) is 0 Å². The van der Waals surface area contributed by atoms with Crippen LogP contribution in [0.15, 0.2) is 6.33 Å². The fraction of sp³-hybridized carbons (Fsp3) is 0.818. The van der Waals surface area contributed by atoms with Gasteiger partial charge in [-0.1, -0.05) is 6.92 Å². The van der Waals surface area contributed by atoms with Gasteiger partial charge in [-0.2, -0.15) is 0 Å². The lowest BCUT2D eigenvalue weighted by Crippen LogP contribution is -2.29. The van der Waals surface area contributed by atoms with E-state index in [1.807, 2.05) is 11.5 Å². The average Bonchev–Trinajstić information content (AvgIpc) is 2.83. The Hall–Kier alpha value is -0.990. The number of hydrogen-bond donors (Lipinski definition) is 2. The largest absolute Gasteiger partial charge is 0.317 e. The van der Waals surface area contributed by atoms with Crippen LogP contribution >= 0.6 is 0 Å². The molecular formula is C11H23N5O2S. The molecular weight excluding hydrogens is 266 g/mol. The van der Waals surface area contributed by atoms with Crippen molar-refractivity contribution in [2.24, 2.45) is 0 Å². The molecule has 0 aliphatic carbocycles. The number of aromatic nitrogens is 3. The van der Waals surface area contributed by atoms with Crippen molar-refractivity contribution in [3.8, 4) is 0 Å². The number of aryl methyl sites for hydroxylation is 1. The summed E-state index contributed by atoms with van der Waals surface area (Å²) in [5.74, 6) is 0.763. The van der Waals surface area contributed by atoms with Crippen molar-refractivity contribution in [2.45, 2.75) is 39.8 Å². The zero-order chi connectivity index (χ0) is 14.1. The summed E-state index contributed by atoms with van der Waals surface area (Å²) in [6, 6.07) is 0. The van der Waals surface area contributed by atoms with Gasteiger partial charge >= 0.3 is 0 Å². The zero-order valence-electron chi connectivity index (χ0n) is 11.6. The van der Waals surface area contributed by atoms with E-state index in [2.05, 4.69) is 27.2 Å². The summed E-state index contributed by atoms with van der Waals surface area (Å²) in [5, 5.41) is 10.8. The van der Waals surface area contributed by atoms with E-state index in [1.165, 1.54) is 0 Å². The molecule has 7 nitrogen and oxygen atoms in total. The number of rotatable bonds is 10. The second-order valence-electron chi connectivity index (χ2n) is 4.28. The van der Waals surface area contributed by atoms with E-state index >= 15 is 0 Å². The molecule has 0 saturated carbocycles. The summed E-state index contributed by atoms with van der Waals surface area (Å²) < 4.78 is 27.9. The molecule has 0 aromatic carbocycles. The summed E-state index contributed by atoms with van der Waals surface area (Å²) in [6.45, 7) is 6.60. The minimum Gasteiger partial charge on any atom is -0.317 e. The van der Waals surface area contributed by atoms with Gasteiger partial charge in [-0.25, -0.2) is 13.1 Å². The van der Waals surface area contributed by atoms with Crippen molar-refractivity contribution in [3.63, 3.8) is 0 Å². The van der Waals surface area contributed by atoms with Gasteiger partial charge in [0.2, 0.25) is 10.0 Å². The fourth-order valence-corrected chi connectivity index (χ4v) is 2.63. The van der Waals surface area contributed by atoms with Gasteiger partial charge in [-0.05, 0) is 32.9 Å². The first-order valence-corrected chi connectivity index (χ1v) is 8.29. The van der Waals surface area contributed by atoms with Gasteiger partial charge in [-0.3, -0.25) is 0 Å². The molecule has 110 valence electrons. The highest BCUT2D eigenvalue weighted by Gasteiger charge is 2.11. The summed E-state index contributed by atoms with van der Waals surface area (Å²) >= 11 is 0. The molecule has 0 atom stereocenters. The van der Waals surface area contributed by atoms with E-state index in [0.29, 0.717) is 12.2 Å².